The molecule has 242 valence electrons. The summed E-state index contributed by atoms with van der Waals surface area (Å²) in [6.45, 7) is 0. The van der Waals surface area contributed by atoms with Crippen molar-refractivity contribution in [1.82, 2.24) is 23.9 Å². The van der Waals surface area contributed by atoms with Crippen LogP contribution in [0.25, 0.3) is 99.8 Å². The van der Waals surface area contributed by atoms with Crippen molar-refractivity contribution >= 4 is 59.9 Å². The van der Waals surface area contributed by atoms with Crippen molar-refractivity contribution in [3.8, 4) is 39.9 Å². The predicted molar refractivity (Wildman–Crippen MR) is 214 cm³/mol. The van der Waals surface area contributed by atoms with E-state index in [4.69, 9.17) is 15.0 Å². The van der Waals surface area contributed by atoms with E-state index in [-0.39, 0.29) is 0 Å². The molecule has 5 heteroatoms. The van der Waals surface area contributed by atoms with E-state index in [2.05, 4.69) is 124 Å². The summed E-state index contributed by atoms with van der Waals surface area (Å²) in [5.41, 5.74) is 9.90. The van der Waals surface area contributed by atoms with Crippen LogP contribution in [-0.2, 0) is 0 Å². The van der Waals surface area contributed by atoms with Gasteiger partial charge in [0.25, 0.3) is 0 Å². The Hall–Kier alpha value is -7.11. The Labute approximate surface area is 298 Å². The number of fused-ring (bicyclic) bond motifs is 11. The molecule has 0 fully saturated rings. The molecule has 0 radical (unpaired) electrons. The second kappa shape index (κ2) is 11.2. The van der Waals surface area contributed by atoms with Crippen molar-refractivity contribution in [2.75, 3.05) is 0 Å². The van der Waals surface area contributed by atoms with Crippen molar-refractivity contribution in [1.29, 1.82) is 0 Å². The maximum Gasteiger partial charge on any atom is 0.164 e. The normalized spacial score (nSPS) is 11.8. The highest BCUT2D eigenvalue weighted by atomic mass is 15.0. The first-order chi connectivity index (χ1) is 25.8. The molecule has 5 nitrogen and oxygen atoms in total. The molecular formula is C47H29N5. The second-order valence-electron chi connectivity index (χ2n) is 13.3. The number of rotatable bonds is 4. The fourth-order valence-corrected chi connectivity index (χ4v) is 7.94. The highest BCUT2D eigenvalue weighted by Crippen LogP contribution is 2.39. The first kappa shape index (κ1) is 28.7. The lowest BCUT2D eigenvalue weighted by molar-refractivity contribution is 1.07. The van der Waals surface area contributed by atoms with Gasteiger partial charge >= 0.3 is 0 Å². The molecule has 4 aromatic heterocycles. The molecule has 0 aliphatic carbocycles. The average molecular weight is 664 g/mol. The monoisotopic (exact) mass is 663 g/mol. The minimum Gasteiger partial charge on any atom is -0.309 e. The van der Waals surface area contributed by atoms with Crippen LogP contribution in [0.5, 0.6) is 0 Å². The van der Waals surface area contributed by atoms with Crippen LogP contribution in [0.3, 0.4) is 0 Å². The van der Waals surface area contributed by atoms with Crippen molar-refractivity contribution < 1.29 is 0 Å². The van der Waals surface area contributed by atoms with Crippen LogP contribution in [0.1, 0.15) is 0 Å². The molecule has 11 aromatic rings. The number of para-hydroxylation sites is 2. The Balaban J connectivity index is 1.11. The third-order valence-corrected chi connectivity index (χ3v) is 10.3. The van der Waals surface area contributed by atoms with Gasteiger partial charge < -0.3 is 8.97 Å². The molecule has 0 aliphatic heterocycles. The molecule has 0 amide bonds. The largest absolute Gasteiger partial charge is 0.309 e. The standard InChI is InChI=1S/C47H29N5/c1-3-13-30(14-4-1)45-48-46(31-15-5-2-6-16-31)50-47(49-45)32-23-25-34(26-24-32)51-40-21-11-10-20-38(40)39-29-42-33(28-44(39)51)27-43-37-19-8-7-17-35(37)36-18-9-12-22-41(36)52(42)43/h1-29H. The zero-order valence-corrected chi connectivity index (χ0v) is 28.0. The topological polar surface area (TPSA) is 48.0 Å². The maximum absolute atomic E-state index is 4.96. The molecule has 11 rings (SSSR count). The Kier molecular flexibility index (Phi) is 6.18. The van der Waals surface area contributed by atoms with E-state index in [0.717, 1.165) is 22.4 Å². The minimum absolute atomic E-state index is 0.642. The molecule has 0 atom stereocenters. The van der Waals surface area contributed by atoms with Gasteiger partial charge in [-0.1, -0.05) is 121 Å². The summed E-state index contributed by atoms with van der Waals surface area (Å²) in [5.74, 6) is 1.95. The Morgan fingerprint density at radius 2 is 0.769 bits per heavy atom. The van der Waals surface area contributed by atoms with Gasteiger partial charge in [-0.05, 0) is 60.0 Å². The summed E-state index contributed by atoms with van der Waals surface area (Å²) in [5, 5.41) is 7.45. The highest BCUT2D eigenvalue weighted by molar-refractivity contribution is 6.19. The zero-order valence-electron chi connectivity index (χ0n) is 28.0. The number of hydrogen-bond acceptors (Lipinski definition) is 3. The van der Waals surface area contributed by atoms with Gasteiger partial charge in [-0.2, -0.15) is 0 Å². The lowest BCUT2D eigenvalue weighted by atomic mass is 10.1. The second-order valence-corrected chi connectivity index (χ2v) is 13.3. The van der Waals surface area contributed by atoms with Gasteiger partial charge in [0.05, 0.1) is 27.6 Å². The fourth-order valence-electron chi connectivity index (χ4n) is 7.94. The Bertz CT molecular complexity index is 3100. The molecule has 0 saturated heterocycles. The summed E-state index contributed by atoms with van der Waals surface area (Å²) in [6, 6.07) is 62.1. The SMILES string of the molecule is c1ccc(-c2nc(-c3ccccc3)nc(-c3ccc(-n4c5ccccc5c5cc6c(cc54)cc4c5ccccc5c5ccccc5n64)cc3)n2)cc1. The van der Waals surface area contributed by atoms with Gasteiger partial charge in [0, 0.05) is 49.3 Å². The summed E-state index contributed by atoms with van der Waals surface area (Å²) >= 11 is 0. The molecule has 7 aromatic carbocycles. The van der Waals surface area contributed by atoms with E-state index in [1.54, 1.807) is 0 Å². The Morgan fingerprint density at radius 1 is 0.308 bits per heavy atom. The van der Waals surface area contributed by atoms with Gasteiger partial charge in [0.15, 0.2) is 17.5 Å². The Morgan fingerprint density at radius 3 is 1.38 bits per heavy atom. The summed E-state index contributed by atoms with van der Waals surface area (Å²) in [7, 11) is 0. The van der Waals surface area contributed by atoms with Crippen LogP contribution in [0.2, 0.25) is 0 Å². The highest BCUT2D eigenvalue weighted by Gasteiger charge is 2.18. The fraction of sp³-hybridized carbons (Fsp3) is 0. The van der Waals surface area contributed by atoms with Crippen molar-refractivity contribution in [2.24, 2.45) is 0 Å². The van der Waals surface area contributed by atoms with E-state index in [0.29, 0.717) is 17.5 Å². The van der Waals surface area contributed by atoms with Gasteiger partial charge in [-0.3, -0.25) is 0 Å². The lowest BCUT2D eigenvalue weighted by Gasteiger charge is -2.11. The molecule has 0 N–H and O–H groups in total. The minimum atomic E-state index is 0.642. The molecular weight excluding hydrogens is 635 g/mol. The summed E-state index contributed by atoms with van der Waals surface area (Å²) in [6.07, 6.45) is 0. The van der Waals surface area contributed by atoms with E-state index in [1.807, 2.05) is 60.7 Å². The molecule has 0 bridgehead atoms. The van der Waals surface area contributed by atoms with E-state index in [1.165, 1.54) is 59.9 Å². The van der Waals surface area contributed by atoms with Gasteiger partial charge in [-0.15, -0.1) is 0 Å². The van der Waals surface area contributed by atoms with Crippen LogP contribution >= 0.6 is 0 Å². The quantitative estimate of drug-likeness (QED) is 0.176. The third kappa shape index (κ3) is 4.33. The van der Waals surface area contributed by atoms with Crippen LogP contribution in [0, 0.1) is 0 Å². The van der Waals surface area contributed by atoms with E-state index < -0.39 is 0 Å². The molecule has 4 heterocycles. The maximum atomic E-state index is 4.96. The van der Waals surface area contributed by atoms with Gasteiger partial charge in [0.1, 0.15) is 0 Å². The first-order valence-electron chi connectivity index (χ1n) is 17.5. The molecule has 52 heavy (non-hydrogen) atoms. The summed E-state index contributed by atoms with van der Waals surface area (Å²) < 4.78 is 4.82. The lowest BCUT2D eigenvalue weighted by Crippen LogP contribution is -2.00. The van der Waals surface area contributed by atoms with Crippen molar-refractivity contribution in [2.45, 2.75) is 0 Å². The number of pyridine rings is 1. The summed E-state index contributed by atoms with van der Waals surface area (Å²) in [4.78, 5) is 14.8. The molecule has 0 saturated carbocycles. The number of nitrogens with zero attached hydrogens (tertiary/aromatic N) is 5. The number of hydrogen-bond donors (Lipinski definition) is 0. The average Bonchev–Trinajstić information content (AvgIpc) is 3.76. The number of benzene rings is 7. The van der Waals surface area contributed by atoms with Gasteiger partial charge in [0.2, 0.25) is 0 Å². The van der Waals surface area contributed by atoms with E-state index in [9.17, 15) is 0 Å². The van der Waals surface area contributed by atoms with Crippen molar-refractivity contribution in [3.63, 3.8) is 0 Å². The van der Waals surface area contributed by atoms with Crippen LogP contribution in [0.15, 0.2) is 176 Å². The smallest absolute Gasteiger partial charge is 0.164 e. The van der Waals surface area contributed by atoms with Crippen molar-refractivity contribution in [3.05, 3.63) is 176 Å². The molecule has 0 unspecified atom stereocenters. The zero-order chi connectivity index (χ0) is 34.2. The molecule has 0 aliphatic rings. The first-order valence-corrected chi connectivity index (χ1v) is 17.5. The number of aromatic nitrogens is 5. The third-order valence-electron chi connectivity index (χ3n) is 10.3. The van der Waals surface area contributed by atoms with Crippen LogP contribution < -0.4 is 0 Å². The van der Waals surface area contributed by atoms with E-state index >= 15 is 0 Å². The molecule has 0 spiro atoms. The van der Waals surface area contributed by atoms with Crippen LogP contribution in [0.4, 0.5) is 0 Å². The van der Waals surface area contributed by atoms with Crippen LogP contribution in [-0.4, -0.2) is 23.9 Å². The van der Waals surface area contributed by atoms with Gasteiger partial charge in [-0.25, -0.2) is 15.0 Å². The predicted octanol–water partition coefficient (Wildman–Crippen LogP) is 11.7.